The summed E-state index contributed by atoms with van der Waals surface area (Å²) in [6.07, 6.45) is 5.41. The Kier molecular flexibility index (Phi) is 6.95. The number of fused-ring (bicyclic) bond motifs is 1. The van der Waals surface area contributed by atoms with Crippen LogP contribution in [0, 0.1) is 11.3 Å². The minimum absolute atomic E-state index is 0.0187. The number of benzene rings is 1. The van der Waals surface area contributed by atoms with Crippen LogP contribution in [0.1, 0.15) is 48.9 Å². The van der Waals surface area contributed by atoms with Crippen molar-refractivity contribution in [2.75, 3.05) is 5.75 Å². The number of ether oxygens (including phenoxy) is 1. The smallest absolute Gasteiger partial charge is 0.324 e. The molecule has 0 saturated heterocycles. The van der Waals surface area contributed by atoms with Crippen LogP contribution in [0.15, 0.2) is 35.9 Å². The Hall–Kier alpha value is -2.91. The van der Waals surface area contributed by atoms with E-state index >= 15 is 0 Å². The molecule has 34 heavy (non-hydrogen) atoms. The maximum Gasteiger partial charge on any atom is 0.324 e. The molecule has 0 saturated carbocycles. The number of sulfonamides is 1. The SMILES string of the molecule is CC(C)OC1CC=C(c2nnc(-c3cccc4c3CCC4[NH2+]S(=O)(=O)CC(=O)O)s2)C=C1C#N. The number of nitriles is 1. The Bertz CT molecular complexity index is 1320. The van der Waals surface area contributed by atoms with Gasteiger partial charge in [0.05, 0.1) is 23.9 Å². The van der Waals surface area contributed by atoms with Crippen LogP contribution < -0.4 is 4.72 Å². The van der Waals surface area contributed by atoms with Gasteiger partial charge in [-0.3, -0.25) is 4.79 Å². The second-order valence-corrected chi connectivity index (χ2v) is 11.4. The van der Waals surface area contributed by atoms with Crippen molar-refractivity contribution in [3.05, 3.63) is 52.1 Å². The molecule has 0 aliphatic heterocycles. The van der Waals surface area contributed by atoms with Gasteiger partial charge in [0.2, 0.25) is 0 Å². The molecule has 11 heteroatoms. The van der Waals surface area contributed by atoms with Gasteiger partial charge in [-0.2, -0.15) is 13.7 Å². The van der Waals surface area contributed by atoms with Crippen molar-refractivity contribution in [2.24, 2.45) is 0 Å². The summed E-state index contributed by atoms with van der Waals surface area (Å²) in [4.78, 5) is 10.9. The van der Waals surface area contributed by atoms with Gasteiger partial charge < -0.3 is 9.84 Å². The van der Waals surface area contributed by atoms with Crippen LogP contribution in [0.2, 0.25) is 0 Å². The Morgan fingerprint density at radius 2 is 2.12 bits per heavy atom. The number of aromatic nitrogens is 2. The highest BCUT2D eigenvalue weighted by Crippen LogP contribution is 2.39. The Morgan fingerprint density at radius 1 is 1.35 bits per heavy atom. The van der Waals surface area contributed by atoms with Gasteiger partial charge in [-0.15, -0.1) is 10.2 Å². The Labute approximate surface area is 201 Å². The van der Waals surface area contributed by atoms with Crippen molar-refractivity contribution < 1.29 is 27.8 Å². The van der Waals surface area contributed by atoms with Gasteiger partial charge in [0, 0.05) is 23.1 Å². The van der Waals surface area contributed by atoms with E-state index in [-0.39, 0.29) is 18.2 Å². The number of hydrogen-bond acceptors (Lipinski definition) is 8. The van der Waals surface area contributed by atoms with Crippen LogP contribution in [-0.2, 0) is 26.0 Å². The highest BCUT2D eigenvalue weighted by molar-refractivity contribution is 7.85. The largest absolute Gasteiger partial charge is 0.480 e. The second-order valence-electron chi connectivity index (χ2n) is 8.55. The van der Waals surface area contributed by atoms with E-state index in [4.69, 9.17) is 9.84 Å². The first-order valence-corrected chi connectivity index (χ1v) is 13.4. The number of primary sulfonamides is 1. The molecule has 2 aliphatic carbocycles. The molecular formula is C23H25N4O5S2+. The van der Waals surface area contributed by atoms with E-state index in [2.05, 4.69) is 16.3 Å². The number of carboxylic acids is 1. The molecule has 0 amide bonds. The zero-order chi connectivity index (χ0) is 24.5. The van der Waals surface area contributed by atoms with Gasteiger partial charge in [0.25, 0.3) is 0 Å². The van der Waals surface area contributed by atoms with Gasteiger partial charge in [0.1, 0.15) is 16.1 Å². The second kappa shape index (κ2) is 9.76. The highest BCUT2D eigenvalue weighted by Gasteiger charge is 2.33. The molecule has 2 aliphatic rings. The first kappa shape index (κ1) is 24.2. The zero-order valence-corrected chi connectivity index (χ0v) is 20.4. The molecule has 3 N–H and O–H groups in total. The molecule has 2 aromatic rings. The molecule has 2 atom stereocenters. The summed E-state index contributed by atoms with van der Waals surface area (Å²) in [6, 6.07) is 7.55. The molecule has 0 spiro atoms. The van der Waals surface area contributed by atoms with Gasteiger partial charge >= 0.3 is 16.0 Å². The van der Waals surface area contributed by atoms with Crippen molar-refractivity contribution in [1.29, 1.82) is 5.26 Å². The summed E-state index contributed by atoms with van der Waals surface area (Å²) >= 11 is 1.42. The predicted molar refractivity (Wildman–Crippen MR) is 126 cm³/mol. The minimum atomic E-state index is -3.82. The quantitative estimate of drug-likeness (QED) is 0.560. The van der Waals surface area contributed by atoms with Crippen molar-refractivity contribution in [3.63, 3.8) is 0 Å². The molecule has 4 rings (SSSR count). The molecule has 2 unspecified atom stereocenters. The summed E-state index contributed by atoms with van der Waals surface area (Å²) < 4.78 is 31.3. The van der Waals surface area contributed by atoms with Gasteiger partial charge in [-0.1, -0.05) is 35.6 Å². The van der Waals surface area contributed by atoms with Crippen LogP contribution >= 0.6 is 11.3 Å². The number of nitrogens with zero attached hydrogens (tertiary/aromatic N) is 3. The van der Waals surface area contributed by atoms with Crippen molar-refractivity contribution in [3.8, 4) is 16.6 Å². The average Bonchev–Trinajstić information content (AvgIpc) is 3.40. The molecule has 178 valence electrons. The lowest BCUT2D eigenvalue weighted by Crippen LogP contribution is -2.88. The third-order valence-corrected chi connectivity index (χ3v) is 8.09. The van der Waals surface area contributed by atoms with E-state index in [0.29, 0.717) is 34.9 Å². The molecule has 1 aromatic carbocycles. The lowest BCUT2D eigenvalue weighted by molar-refractivity contribution is -0.546. The number of hydrogen-bond donors (Lipinski definition) is 2. The van der Waals surface area contributed by atoms with E-state index in [0.717, 1.165) is 22.3 Å². The fraction of sp³-hybridized carbons (Fsp3) is 0.391. The number of quaternary nitrogens is 1. The highest BCUT2D eigenvalue weighted by atomic mass is 32.2. The van der Waals surface area contributed by atoms with Crippen molar-refractivity contribution in [1.82, 2.24) is 10.2 Å². The number of rotatable bonds is 8. The summed E-state index contributed by atoms with van der Waals surface area (Å²) in [7, 11) is -3.82. The average molecular weight is 502 g/mol. The number of aliphatic carboxylic acids is 1. The van der Waals surface area contributed by atoms with E-state index in [1.165, 1.54) is 16.1 Å². The normalized spacial score (nSPS) is 19.9. The molecule has 1 aromatic heterocycles. The van der Waals surface area contributed by atoms with Gasteiger partial charge in [-0.05, 0) is 38.3 Å². The summed E-state index contributed by atoms with van der Waals surface area (Å²) in [5.41, 5.74) is 4.18. The minimum Gasteiger partial charge on any atom is -0.480 e. The Morgan fingerprint density at radius 3 is 2.82 bits per heavy atom. The van der Waals surface area contributed by atoms with Gasteiger partial charge in [-0.25, -0.2) is 4.72 Å². The summed E-state index contributed by atoms with van der Waals surface area (Å²) in [5.74, 6) is -2.27. The topological polar surface area (TPSA) is 147 Å². The standard InChI is InChI=1S/C23H24N4O5S2/c1-13(2)32-20-9-6-14(10-15(20)11-24)22-25-26-23(33-22)18-5-3-4-17-16(18)7-8-19(17)27-34(30,31)12-21(28)29/h3-6,10,13,19-20,27H,7-9,12H2,1-2H3,(H,28,29)/p+1. The van der Waals surface area contributed by atoms with Crippen LogP contribution in [-0.4, -0.2) is 47.7 Å². The lowest BCUT2D eigenvalue weighted by Gasteiger charge is -2.21. The van der Waals surface area contributed by atoms with E-state index < -0.39 is 21.7 Å². The summed E-state index contributed by atoms with van der Waals surface area (Å²) in [6.45, 7) is 3.88. The molecule has 0 radical (unpaired) electrons. The Balaban J connectivity index is 1.57. The maximum atomic E-state index is 12.2. The number of allylic oxidation sites excluding steroid dienone is 2. The van der Waals surface area contributed by atoms with Crippen LogP contribution in [0.3, 0.4) is 0 Å². The number of carbonyl (C=O) groups is 1. The number of carboxylic acid groups (broad SMARTS) is 1. The third-order valence-electron chi connectivity index (χ3n) is 5.69. The summed E-state index contributed by atoms with van der Waals surface area (Å²) in [5, 5.41) is 28.5. The third kappa shape index (κ3) is 5.26. The van der Waals surface area contributed by atoms with E-state index in [1.807, 2.05) is 38.1 Å². The van der Waals surface area contributed by atoms with Gasteiger partial charge in [0.15, 0.2) is 5.75 Å². The first-order chi connectivity index (χ1) is 16.2. The first-order valence-electron chi connectivity index (χ1n) is 10.9. The maximum absolute atomic E-state index is 12.2. The van der Waals surface area contributed by atoms with Crippen LogP contribution in [0.5, 0.6) is 0 Å². The van der Waals surface area contributed by atoms with Crippen molar-refractivity contribution >= 4 is 32.9 Å². The number of nitrogens with two attached hydrogens (primary N) is 1. The fourth-order valence-electron chi connectivity index (χ4n) is 4.34. The molecule has 0 fully saturated rings. The van der Waals surface area contributed by atoms with Crippen molar-refractivity contribution in [2.45, 2.75) is 51.4 Å². The fourth-order valence-corrected chi connectivity index (χ4v) is 6.47. The molecule has 0 bridgehead atoms. The monoisotopic (exact) mass is 501 g/mol. The predicted octanol–water partition coefficient (Wildman–Crippen LogP) is 2.20. The van der Waals surface area contributed by atoms with E-state index in [1.54, 1.807) is 6.08 Å². The molecular weight excluding hydrogens is 476 g/mol. The molecule has 1 heterocycles. The zero-order valence-electron chi connectivity index (χ0n) is 18.8. The lowest BCUT2D eigenvalue weighted by atomic mass is 9.97. The van der Waals surface area contributed by atoms with E-state index in [9.17, 15) is 18.5 Å². The molecule has 9 nitrogen and oxygen atoms in total. The van der Waals surface area contributed by atoms with Crippen LogP contribution in [0.25, 0.3) is 16.1 Å². The van der Waals surface area contributed by atoms with Crippen LogP contribution in [0.4, 0.5) is 0 Å².